The van der Waals surface area contributed by atoms with E-state index in [4.69, 9.17) is 0 Å². The highest BCUT2D eigenvalue weighted by molar-refractivity contribution is 6.43. The van der Waals surface area contributed by atoms with Crippen molar-refractivity contribution in [3.63, 3.8) is 0 Å². The number of ether oxygens (including phenoxy) is 1. The summed E-state index contributed by atoms with van der Waals surface area (Å²) in [6.45, 7) is 0.0898. The zero-order chi connectivity index (χ0) is 9.97. The first-order valence-corrected chi connectivity index (χ1v) is 4.24. The number of hydrogen-bond donors (Lipinski definition) is 0. The molecule has 0 atom stereocenters. The number of Topliss-reactive ketones (excluding diaryl/α,β-unsaturated/α-hetero) is 1. The Balaban J connectivity index is 2.28. The molecule has 3 nitrogen and oxygen atoms in total. The van der Waals surface area contributed by atoms with Crippen molar-refractivity contribution in [3.8, 4) is 0 Å². The Bertz CT molecular complexity index is 404. The lowest BCUT2D eigenvalue weighted by Crippen LogP contribution is -2.05. The molecule has 14 heavy (non-hydrogen) atoms. The molecule has 0 radical (unpaired) electrons. The Hall–Kier alpha value is -1.90. The predicted octanol–water partition coefficient (Wildman–Crippen LogP) is 1.20. The van der Waals surface area contributed by atoms with E-state index in [0.717, 1.165) is 5.56 Å². The van der Waals surface area contributed by atoms with Crippen molar-refractivity contribution < 1.29 is 14.3 Å². The summed E-state index contributed by atoms with van der Waals surface area (Å²) in [7, 11) is 0. The first kappa shape index (κ1) is 8.69. The van der Waals surface area contributed by atoms with E-state index in [-0.39, 0.29) is 6.61 Å². The van der Waals surface area contributed by atoms with Gasteiger partial charge in [-0.2, -0.15) is 0 Å². The standard InChI is InChI=1S/C11H8O3/c12-10-9(7-14-11(10)13)6-8-4-2-1-3-5-8/h1-6H,7H2/b9-6+. The SMILES string of the molecule is O=C1OC/C(=C\c2ccccc2)C1=O. The first-order chi connectivity index (χ1) is 6.77. The smallest absolute Gasteiger partial charge is 0.379 e. The van der Waals surface area contributed by atoms with E-state index < -0.39 is 11.8 Å². The minimum absolute atomic E-state index is 0.0898. The van der Waals surface area contributed by atoms with Crippen LogP contribution in [0.25, 0.3) is 6.08 Å². The van der Waals surface area contributed by atoms with Crippen LogP contribution < -0.4 is 0 Å². The topological polar surface area (TPSA) is 43.4 Å². The van der Waals surface area contributed by atoms with Gasteiger partial charge in [-0.05, 0) is 11.6 Å². The van der Waals surface area contributed by atoms with E-state index in [1.54, 1.807) is 6.08 Å². The number of carbonyl (C=O) groups is 2. The molecule has 1 saturated heterocycles. The first-order valence-electron chi connectivity index (χ1n) is 4.24. The summed E-state index contributed by atoms with van der Waals surface area (Å²) in [5, 5.41) is 0. The summed E-state index contributed by atoms with van der Waals surface area (Å²) in [6.07, 6.45) is 1.67. The van der Waals surface area contributed by atoms with E-state index in [0.29, 0.717) is 5.57 Å². The van der Waals surface area contributed by atoms with Gasteiger partial charge in [0.15, 0.2) is 0 Å². The van der Waals surface area contributed by atoms with Gasteiger partial charge in [0, 0.05) is 5.57 Å². The molecule has 0 saturated carbocycles. The van der Waals surface area contributed by atoms with E-state index in [1.165, 1.54) is 0 Å². The van der Waals surface area contributed by atoms with Crippen molar-refractivity contribution >= 4 is 17.8 Å². The molecule has 0 aliphatic carbocycles. The van der Waals surface area contributed by atoms with Crippen LogP contribution >= 0.6 is 0 Å². The van der Waals surface area contributed by atoms with E-state index in [9.17, 15) is 9.59 Å². The molecule has 1 aromatic carbocycles. The fraction of sp³-hybridized carbons (Fsp3) is 0.0909. The van der Waals surface area contributed by atoms with Gasteiger partial charge in [-0.3, -0.25) is 4.79 Å². The molecule has 1 heterocycles. The molecule has 0 N–H and O–H groups in total. The van der Waals surface area contributed by atoms with Crippen molar-refractivity contribution in [2.75, 3.05) is 6.61 Å². The number of hydrogen-bond acceptors (Lipinski definition) is 3. The van der Waals surface area contributed by atoms with Crippen LogP contribution in [0.4, 0.5) is 0 Å². The molecule has 0 bridgehead atoms. The average molecular weight is 188 g/mol. The van der Waals surface area contributed by atoms with Crippen molar-refractivity contribution in [2.45, 2.75) is 0 Å². The Labute approximate surface area is 81.0 Å². The van der Waals surface area contributed by atoms with Gasteiger partial charge in [-0.25, -0.2) is 4.79 Å². The number of ketones is 1. The lowest BCUT2D eigenvalue weighted by Gasteiger charge is -1.92. The quantitative estimate of drug-likeness (QED) is 0.378. The maximum atomic E-state index is 11.2. The van der Waals surface area contributed by atoms with Crippen molar-refractivity contribution in [1.82, 2.24) is 0 Å². The molecule has 1 aliphatic heterocycles. The van der Waals surface area contributed by atoms with Crippen LogP contribution in [0.3, 0.4) is 0 Å². The van der Waals surface area contributed by atoms with E-state index >= 15 is 0 Å². The second-order valence-corrected chi connectivity index (χ2v) is 2.99. The van der Waals surface area contributed by atoms with E-state index in [1.807, 2.05) is 30.3 Å². The van der Waals surface area contributed by atoms with Crippen LogP contribution in [0, 0.1) is 0 Å². The number of benzene rings is 1. The molecule has 0 unspecified atom stereocenters. The Morgan fingerprint density at radius 1 is 1.14 bits per heavy atom. The molecule has 3 heteroatoms. The minimum Gasteiger partial charge on any atom is -0.455 e. The van der Waals surface area contributed by atoms with Gasteiger partial charge < -0.3 is 4.74 Å². The molecule has 0 spiro atoms. The highest BCUT2D eigenvalue weighted by Gasteiger charge is 2.28. The van der Waals surface area contributed by atoms with Crippen molar-refractivity contribution in [1.29, 1.82) is 0 Å². The summed E-state index contributed by atoms with van der Waals surface area (Å²) in [5.41, 5.74) is 1.32. The van der Waals surface area contributed by atoms with Crippen molar-refractivity contribution in [3.05, 3.63) is 41.5 Å². The summed E-state index contributed by atoms with van der Waals surface area (Å²) in [6, 6.07) is 9.36. The zero-order valence-electron chi connectivity index (χ0n) is 7.40. The fourth-order valence-electron chi connectivity index (χ4n) is 1.26. The molecule has 0 aromatic heterocycles. The van der Waals surface area contributed by atoms with Crippen LogP contribution in [-0.4, -0.2) is 18.4 Å². The minimum atomic E-state index is -0.757. The van der Waals surface area contributed by atoms with Crippen LogP contribution in [-0.2, 0) is 14.3 Å². The molecular weight excluding hydrogens is 180 g/mol. The summed E-state index contributed by atoms with van der Waals surface area (Å²) >= 11 is 0. The monoisotopic (exact) mass is 188 g/mol. The van der Waals surface area contributed by atoms with Crippen molar-refractivity contribution in [2.24, 2.45) is 0 Å². The summed E-state index contributed by atoms with van der Waals surface area (Å²) < 4.78 is 4.59. The maximum Gasteiger partial charge on any atom is 0.379 e. The maximum absolute atomic E-state index is 11.2. The largest absolute Gasteiger partial charge is 0.455 e. The fourth-order valence-corrected chi connectivity index (χ4v) is 1.26. The van der Waals surface area contributed by atoms with Crippen LogP contribution in [0.1, 0.15) is 5.56 Å². The Kier molecular flexibility index (Phi) is 2.14. The molecule has 2 rings (SSSR count). The molecule has 1 aliphatic rings. The Morgan fingerprint density at radius 2 is 1.86 bits per heavy atom. The van der Waals surface area contributed by atoms with Gasteiger partial charge in [-0.15, -0.1) is 0 Å². The molecular formula is C11H8O3. The van der Waals surface area contributed by atoms with Gasteiger partial charge in [-0.1, -0.05) is 30.3 Å². The van der Waals surface area contributed by atoms with Crippen LogP contribution in [0.5, 0.6) is 0 Å². The number of esters is 1. The summed E-state index contributed by atoms with van der Waals surface area (Å²) in [4.78, 5) is 21.9. The van der Waals surface area contributed by atoms with E-state index in [2.05, 4.69) is 4.74 Å². The highest BCUT2D eigenvalue weighted by atomic mass is 16.5. The average Bonchev–Trinajstić information content (AvgIpc) is 2.52. The predicted molar refractivity (Wildman–Crippen MR) is 50.4 cm³/mol. The summed E-state index contributed by atoms with van der Waals surface area (Å²) in [5.74, 6) is -1.29. The highest BCUT2D eigenvalue weighted by Crippen LogP contribution is 2.13. The molecule has 1 aromatic rings. The third-order valence-corrected chi connectivity index (χ3v) is 1.98. The zero-order valence-corrected chi connectivity index (χ0v) is 7.40. The molecule has 0 amide bonds. The lowest BCUT2D eigenvalue weighted by molar-refractivity contribution is -0.146. The third kappa shape index (κ3) is 1.57. The van der Waals surface area contributed by atoms with Crippen LogP contribution in [0.15, 0.2) is 35.9 Å². The Morgan fingerprint density at radius 3 is 2.43 bits per heavy atom. The number of cyclic esters (lactones) is 1. The second kappa shape index (κ2) is 3.46. The van der Waals surface area contributed by atoms with Gasteiger partial charge in [0.1, 0.15) is 6.61 Å². The van der Waals surface area contributed by atoms with Crippen LogP contribution in [0.2, 0.25) is 0 Å². The van der Waals surface area contributed by atoms with Gasteiger partial charge in [0.2, 0.25) is 0 Å². The lowest BCUT2D eigenvalue weighted by atomic mass is 10.1. The van der Waals surface area contributed by atoms with Gasteiger partial charge in [0.05, 0.1) is 0 Å². The normalized spacial score (nSPS) is 18.7. The third-order valence-electron chi connectivity index (χ3n) is 1.98. The van der Waals surface area contributed by atoms with Gasteiger partial charge >= 0.3 is 5.97 Å². The second-order valence-electron chi connectivity index (χ2n) is 2.99. The molecule has 1 fully saturated rings. The number of carbonyl (C=O) groups excluding carboxylic acids is 2. The number of rotatable bonds is 1. The molecule has 70 valence electrons. The van der Waals surface area contributed by atoms with Gasteiger partial charge in [0.25, 0.3) is 5.78 Å².